The summed E-state index contributed by atoms with van der Waals surface area (Å²) >= 11 is 2.73. The summed E-state index contributed by atoms with van der Waals surface area (Å²) in [6.07, 6.45) is 0. The summed E-state index contributed by atoms with van der Waals surface area (Å²) in [5.41, 5.74) is 5.04. The zero-order valence-corrected chi connectivity index (χ0v) is 16.1. The van der Waals surface area contributed by atoms with E-state index in [1.54, 1.807) is 5.51 Å². The molecule has 0 saturated carbocycles. The Kier molecular flexibility index (Phi) is 4.18. The van der Waals surface area contributed by atoms with Crippen LogP contribution in [0.2, 0.25) is 0 Å². The molecule has 5 rings (SSSR count). The number of hydrogen-bond donors (Lipinski definition) is 1. The van der Waals surface area contributed by atoms with Crippen molar-refractivity contribution in [2.75, 3.05) is 11.1 Å². The van der Waals surface area contributed by atoms with Gasteiger partial charge in [0, 0.05) is 21.4 Å². The number of nitrogens with one attached hydrogen (secondary N) is 1. The second-order valence-corrected chi connectivity index (χ2v) is 8.15. The molecule has 136 valence electrons. The molecule has 5 nitrogen and oxygen atoms in total. The van der Waals surface area contributed by atoms with Crippen LogP contribution in [0.25, 0.3) is 21.9 Å². The van der Waals surface area contributed by atoms with Gasteiger partial charge in [0.25, 0.3) is 0 Å². The second kappa shape index (κ2) is 6.85. The smallest absolute Gasteiger partial charge is 0.236 e. The molecule has 1 amide bonds. The molecule has 0 radical (unpaired) electrons. The van der Waals surface area contributed by atoms with Crippen molar-refractivity contribution in [3.05, 3.63) is 71.2 Å². The van der Waals surface area contributed by atoms with E-state index < -0.39 is 0 Å². The van der Waals surface area contributed by atoms with Crippen molar-refractivity contribution in [1.29, 1.82) is 0 Å². The van der Waals surface area contributed by atoms with Crippen molar-refractivity contribution in [2.45, 2.75) is 4.90 Å². The van der Waals surface area contributed by atoms with Gasteiger partial charge >= 0.3 is 0 Å². The van der Waals surface area contributed by atoms with E-state index in [4.69, 9.17) is 0 Å². The number of carbonyl (C=O) groups is 2. The number of amides is 1. The van der Waals surface area contributed by atoms with E-state index >= 15 is 0 Å². The first kappa shape index (κ1) is 17.1. The van der Waals surface area contributed by atoms with Gasteiger partial charge in [-0.3, -0.25) is 14.9 Å². The summed E-state index contributed by atoms with van der Waals surface area (Å²) < 4.78 is 0. The van der Waals surface area contributed by atoms with E-state index in [-0.39, 0.29) is 17.4 Å². The second-order valence-electron chi connectivity index (χ2n) is 6.29. The molecule has 28 heavy (non-hydrogen) atoms. The summed E-state index contributed by atoms with van der Waals surface area (Å²) in [6, 6.07) is 17.6. The van der Waals surface area contributed by atoms with E-state index in [2.05, 4.69) is 15.5 Å². The number of anilines is 1. The molecule has 0 atom stereocenters. The number of carbonyl (C=O) groups excluding carboxylic acids is 2. The molecule has 3 aromatic carbocycles. The van der Waals surface area contributed by atoms with Crippen molar-refractivity contribution in [3.8, 4) is 11.1 Å². The number of thioether (sulfide) groups is 1. The highest BCUT2D eigenvalue weighted by atomic mass is 32.2. The van der Waals surface area contributed by atoms with Crippen LogP contribution in [0.15, 0.2) is 65.0 Å². The maximum Gasteiger partial charge on any atom is 0.236 e. The monoisotopic (exact) mass is 403 g/mol. The highest BCUT2D eigenvalue weighted by Gasteiger charge is 2.25. The number of benzene rings is 3. The molecular weight excluding hydrogens is 390 g/mol. The van der Waals surface area contributed by atoms with Gasteiger partial charge in [0.1, 0.15) is 5.51 Å². The van der Waals surface area contributed by atoms with Crippen molar-refractivity contribution < 1.29 is 9.59 Å². The average molecular weight is 403 g/mol. The quantitative estimate of drug-likeness (QED) is 0.443. The minimum absolute atomic E-state index is 0.0462. The average Bonchev–Trinajstić information content (AvgIpc) is 3.23. The lowest BCUT2D eigenvalue weighted by molar-refractivity contribution is -0.113. The number of fused-ring (bicyclic) bond motifs is 2. The Labute approximate surface area is 168 Å². The van der Waals surface area contributed by atoms with E-state index in [0.717, 1.165) is 32.4 Å². The van der Waals surface area contributed by atoms with Crippen LogP contribution in [-0.4, -0.2) is 27.6 Å². The van der Waals surface area contributed by atoms with Crippen LogP contribution in [-0.2, 0) is 4.79 Å². The lowest BCUT2D eigenvalue weighted by Crippen LogP contribution is -2.14. The largest absolute Gasteiger partial charge is 0.300 e. The van der Waals surface area contributed by atoms with Crippen molar-refractivity contribution >= 4 is 50.7 Å². The maximum absolute atomic E-state index is 13.0. The van der Waals surface area contributed by atoms with Gasteiger partial charge in [-0.2, -0.15) is 0 Å². The molecule has 0 saturated heterocycles. The Morgan fingerprint density at radius 3 is 2.61 bits per heavy atom. The molecule has 4 aromatic rings. The Hall–Kier alpha value is -3.03. The van der Waals surface area contributed by atoms with Crippen LogP contribution < -0.4 is 5.32 Å². The van der Waals surface area contributed by atoms with Crippen LogP contribution in [0.1, 0.15) is 15.9 Å². The van der Waals surface area contributed by atoms with Gasteiger partial charge in [-0.25, -0.2) is 0 Å². The Morgan fingerprint density at radius 1 is 0.964 bits per heavy atom. The van der Waals surface area contributed by atoms with Gasteiger partial charge in [0.2, 0.25) is 11.0 Å². The van der Waals surface area contributed by atoms with E-state index in [1.807, 2.05) is 54.6 Å². The lowest BCUT2D eigenvalue weighted by atomic mass is 9.83. The number of ketones is 1. The Morgan fingerprint density at radius 2 is 1.79 bits per heavy atom. The van der Waals surface area contributed by atoms with Crippen molar-refractivity contribution in [3.63, 3.8) is 0 Å². The summed E-state index contributed by atoms with van der Waals surface area (Å²) in [4.78, 5) is 26.1. The fraction of sp³-hybridized carbons (Fsp3) is 0.0476. The summed E-state index contributed by atoms with van der Waals surface area (Å²) in [5, 5.41) is 12.7. The first-order valence-corrected chi connectivity index (χ1v) is 10.5. The fourth-order valence-corrected chi connectivity index (χ4v) is 4.82. The van der Waals surface area contributed by atoms with Crippen LogP contribution >= 0.6 is 23.1 Å². The molecule has 0 spiro atoms. The van der Waals surface area contributed by atoms with Gasteiger partial charge in [-0.05, 0) is 22.6 Å². The molecule has 1 aliphatic rings. The highest BCUT2D eigenvalue weighted by Crippen LogP contribution is 2.42. The predicted octanol–water partition coefficient (Wildman–Crippen LogP) is 4.63. The summed E-state index contributed by atoms with van der Waals surface area (Å²) in [6.45, 7) is 0. The normalized spacial score (nSPS) is 12.1. The van der Waals surface area contributed by atoms with Crippen LogP contribution in [0.3, 0.4) is 0 Å². The van der Waals surface area contributed by atoms with E-state index in [0.29, 0.717) is 10.7 Å². The van der Waals surface area contributed by atoms with Gasteiger partial charge in [-0.1, -0.05) is 59.9 Å². The molecule has 0 fully saturated rings. The number of hydrogen-bond acceptors (Lipinski definition) is 6. The van der Waals surface area contributed by atoms with Gasteiger partial charge in [0.05, 0.1) is 5.75 Å². The summed E-state index contributed by atoms with van der Waals surface area (Å²) in [5.74, 6) is 0.163. The van der Waals surface area contributed by atoms with Gasteiger partial charge in [0.15, 0.2) is 5.78 Å². The SMILES string of the molecule is O=C(CSc1ccc2c3c(cccc13)C(=O)c1ccccc1-2)Nc1nncs1. The Bertz CT molecular complexity index is 1240. The standard InChI is InChI=1S/C21H13N3O2S2/c25-18(23-21-24-22-11-28-21)10-27-17-9-8-13-12-4-1-2-5-14(12)20(26)16-7-3-6-15(17)19(13)16/h1-9,11H,10H2,(H,23,24,25). The van der Waals surface area contributed by atoms with Crippen LogP contribution in [0.5, 0.6) is 0 Å². The molecule has 0 unspecified atom stereocenters. The third-order valence-electron chi connectivity index (χ3n) is 4.67. The van der Waals surface area contributed by atoms with Gasteiger partial charge in [-0.15, -0.1) is 22.0 Å². The highest BCUT2D eigenvalue weighted by molar-refractivity contribution is 8.00. The minimum atomic E-state index is -0.136. The van der Waals surface area contributed by atoms with Gasteiger partial charge < -0.3 is 0 Å². The van der Waals surface area contributed by atoms with Crippen LogP contribution in [0, 0.1) is 0 Å². The van der Waals surface area contributed by atoms with Crippen LogP contribution in [0.4, 0.5) is 5.13 Å². The zero-order valence-electron chi connectivity index (χ0n) is 14.5. The Balaban J connectivity index is 1.52. The molecule has 1 N–H and O–H groups in total. The molecule has 0 aliphatic heterocycles. The molecule has 1 aliphatic carbocycles. The molecule has 0 bridgehead atoms. The third-order valence-corrected chi connectivity index (χ3v) is 6.35. The molecule has 1 heterocycles. The maximum atomic E-state index is 13.0. The van der Waals surface area contributed by atoms with Crippen molar-refractivity contribution in [1.82, 2.24) is 10.2 Å². The van der Waals surface area contributed by atoms with E-state index in [1.165, 1.54) is 23.1 Å². The first-order chi connectivity index (χ1) is 13.7. The molecular formula is C21H13N3O2S2. The fourth-order valence-electron chi connectivity index (χ4n) is 3.51. The lowest BCUT2D eigenvalue weighted by Gasteiger charge is -2.21. The first-order valence-electron chi connectivity index (χ1n) is 8.61. The zero-order chi connectivity index (χ0) is 19.1. The number of rotatable bonds is 4. The predicted molar refractivity (Wildman–Crippen MR) is 112 cm³/mol. The third kappa shape index (κ3) is 2.80. The summed E-state index contributed by atoms with van der Waals surface area (Å²) in [7, 11) is 0. The molecule has 1 aromatic heterocycles. The topological polar surface area (TPSA) is 72.0 Å². The minimum Gasteiger partial charge on any atom is -0.300 e. The number of nitrogens with zero attached hydrogens (tertiary/aromatic N) is 2. The number of aromatic nitrogens is 2. The molecule has 7 heteroatoms. The van der Waals surface area contributed by atoms with Crippen molar-refractivity contribution in [2.24, 2.45) is 0 Å². The van der Waals surface area contributed by atoms with E-state index in [9.17, 15) is 9.59 Å².